The van der Waals surface area contributed by atoms with Crippen molar-refractivity contribution in [2.45, 2.75) is 44.3 Å². The zero-order valence-corrected chi connectivity index (χ0v) is 22.9. The molecule has 0 bridgehead atoms. The van der Waals surface area contributed by atoms with E-state index in [9.17, 15) is 4.79 Å². The monoisotopic (exact) mass is 534 g/mol. The van der Waals surface area contributed by atoms with E-state index >= 15 is 0 Å². The molecule has 8 nitrogen and oxygen atoms in total. The number of ether oxygens (including phenoxy) is 3. The summed E-state index contributed by atoms with van der Waals surface area (Å²) in [6.07, 6.45) is 4.50. The summed E-state index contributed by atoms with van der Waals surface area (Å²) in [5.41, 5.74) is 3.12. The van der Waals surface area contributed by atoms with E-state index in [4.69, 9.17) is 19.3 Å². The fourth-order valence-electron chi connectivity index (χ4n) is 4.18. The number of hydrogen-bond donors (Lipinski definition) is 1. The first-order valence-corrected chi connectivity index (χ1v) is 13.7. The van der Waals surface area contributed by atoms with Crippen molar-refractivity contribution in [3.8, 4) is 11.5 Å². The molecule has 200 valence electrons. The Kier molecular flexibility index (Phi) is 9.48. The van der Waals surface area contributed by atoms with Crippen LogP contribution in [0.1, 0.15) is 43.9 Å². The van der Waals surface area contributed by atoms with E-state index in [-0.39, 0.29) is 6.61 Å². The standard InChI is InChI=1S/C29H34N4O4S/c1-5-7-18-38-29-31-28-30-20(3)25(27(34)37-16-6-2)26(33(28)32-29)22-13-14-23(24(19-22)35-4)36-17-15-21-11-9-8-10-12-21/h6,8-14,19,26H,2,5,7,15-18H2,1,3-4H3,(H,30,31,32). The number of nitrogens with one attached hydrogen (secondary N) is 1. The van der Waals surface area contributed by atoms with E-state index in [0.29, 0.717) is 40.5 Å². The molecule has 0 amide bonds. The van der Waals surface area contributed by atoms with Gasteiger partial charge in [-0.25, -0.2) is 9.48 Å². The van der Waals surface area contributed by atoms with Crippen molar-refractivity contribution in [3.63, 3.8) is 0 Å². The van der Waals surface area contributed by atoms with Crippen molar-refractivity contribution in [2.75, 3.05) is 31.4 Å². The first-order chi connectivity index (χ1) is 18.5. The molecule has 1 aliphatic rings. The van der Waals surface area contributed by atoms with E-state index in [0.717, 1.165) is 30.6 Å². The Morgan fingerprint density at radius 2 is 2.03 bits per heavy atom. The molecule has 4 rings (SSSR count). The summed E-state index contributed by atoms with van der Waals surface area (Å²) in [5, 5.41) is 8.65. The average Bonchev–Trinajstić information content (AvgIpc) is 3.34. The zero-order chi connectivity index (χ0) is 26.9. The lowest BCUT2D eigenvalue weighted by Gasteiger charge is -2.28. The number of methoxy groups -OCH3 is 1. The van der Waals surface area contributed by atoms with Crippen LogP contribution in [0.25, 0.3) is 0 Å². The van der Waals surface area contributed by atoms with Crippen molar-refractivity contribution < 1.29 is 19.0 Å². The summed E-state index contributed by atoms with van der Waals surface area (Å²) in [6.45, 7) is 8.28. The predicted octanol–water partition coefficient (Wildman–Crippen LogP) is 5.82. The molecule has 0 aliphatic carbocycles. The zero-order valence-electron chi connectivity index (χ0n) is 22.1. The number of aromatic nitrogens is 3. The fourth-order valence-corrected chi connectivity index (χ4v) is 5.09. The minimum absolute atomic E-state index is 0.113. The number of thioether (sulfide) groups is 1. The normalized spacial score (nSPS) is 14.4. The summed E-state index contributed by atoms with van der Waals surface area (Å²) in [7, 11) is 1.61. The van der Waals surface area contributed by atoms with Crippen LogP contribution >= 0.6 is 11.8 Å². The molecule has 1 aromatic heterocycles. The highest BCUT2D eigenvalue weighted by atomic mass is 32.2. The topological polar surface area (TPSA) is 87.5 Å². The number of fused-ring (bicyclic) bond motifs is 1. The molecular weight excluding hydrogens is 500 g/mol. The number of nitrogens with zero attached hydrogens (tertiary/aromatic N) is 3. The number of unbranched alkanes of at least 4 members (excludes halogenated alkanes) is 1. The van der Waals surface area contributed by atoms with Crippen LogP contribution in [-0.4, -0.2) is 46.8 Å². The smallest absolute Gasteiger partial charge is 0.338 e. The first-order valence-electron chi connectivity index (χ1n) is 12.8. The molecule has 1 aliphatic heterocycles. The second kappa shape index (κ2) is 13.2. The summed E-state index contributed by atoms with van der Waals surface area (Å²) in [5.74, 6) is 2.27. The molecule has 0 saturated carbocycles. The molecular formula is C29H34N4O4S. The highest BCUT2D eigenvalue weighted by molar-refractivity contribution is 7.99. The van der Waals surface area contributed by atoms with Crippen LogP contribution < -0.4 is 14.8 Å². The number of carbonyl (C=O) groups excluding carboxylic acids is 1. The van der Waals surface area contributed by atoms with Gasteiger partial charge in [-0.05, 0) is 36.6 Å². The van der Waals surface area contributed by atoms with Crippen LogP contribution in [0.2, 0.25) is 0 Å². The maximum Gasteiger partial charge on any atom is 0.338 e. The van der Waals surface area contributed by atoms with E-state index in [1.165, 1.54) is 5.56 Å². The summed E-state index contributed by atoms with van der Waals surface area (Å²) < 4.78 is 18.9. The van der Waals surface area contributed by atoms with Crippen molar-refractivity contribution in [1.82, 2.24) is 14.8 Å². The summed E-state index contributed by atoms with van der Waals surface area (Å²) in [4.78, 5) is 17.9. The number of esters is 1. The molecule has 0 radical (unpaired) electrons. The van der Waals surface area contributed by atoms with Gasteiger partial charge in [-0.15, -0.1) is 5.10 Å². The van der Waals surface area contributed by atoms with Gasteiger partial charge in [-0.1, -0.05) is 74.2 Å². The Morgan fingerprint density at radius 1 is 1.21 bits per heavy atom. The molecule has 9 heteroatoms. The number of carbonyl (C=O) groups is 1. The molecule has 3 aromatic rings. The quantitative estimate of drug-likeness (QED) is 0.127. The van der Waals surface area contributed by atoms with Crippen molar-refractivity contribution >= 4 is 23.7 Å². The lowest BCUT2D eigenvalue weighted by Crippen LogP contribution is -2.29. The van der Waals surface area contributed by atoms with Crippen LogP contribution in [0.3, 0.4) is 0 Å². The maximum absolute atomic E-state index is 13.2. The van der Waals surface area contributed by atoms with Gasteiger partial charge in [0.2, 0.25) is 11.1 Å². The van der Waals surface area contributed by atoms with Gasteiger partial charge in [0.25, 0.3) is 0 Å². The summed E-state index contributed by atoms with van der Waals surface area (Å²) >= 11 is 1.60. The van der Waals surface area contributed by atoms with Gasteiger partial charge < -0.3 is 19.5 Å². The largest absolute Gasteiger partial charge is 0.493 e. The van der Waals surface area contributed by atoms with Crippen LogP contribution in [0, 0.1) is 0 Å². The molecule has 2 aromatic carbocycles. The van der Waals surface area contributed by atoms with E-state index in [1.807, 2.05) is 43.3 Å². The third-order valence-electron chi connectivity index (χ3n) is 6.11. The second-order valence-electron chi connectivity index (χ2n) is 8.81. The average molecular weight is 535 g/mol. The van der Waals surface area contributed by atoms with Crippen molar-refractivity contribution in [1.29, 1.82) is 0 Å². The van der Waals surface area contributed by atoms with Gasteiger partial charge in [0.05, 0.1) is 19.3 Å². The maximum atomic E-state index is 13.2. The third kappa shape index (κ3) is 6.39. The Morgan fingerprint density at radius 3 is 2.76 bits per heavy atom. The predicted molar refractivity (Wildman–Crippen MR) is 150 cm³/mol. The van der Waals surface area contributed by atoms with Gasteiger partial charge in [0.15, 0.2) is 11.5 Å². The minimum Gasteiger partial charge on any atom is -0.493 e. The Balaban J connectivity index is 1.65. The number of benzene rings is 2. The van der Waals surface area contributed by atoms with E-state index < -0.39 is 12.0 Å². The van der Waals surface area contributed by atoms with Crippen LogP contribution in [-0.2, 0) is 16.0 Å². The molecule has 0 spiro atoms. The first kappa shape index (κ1) is 27.3. The second-order valence-corrected chi connectivity index (χ2v) is 9.87. The summed E-state index contributed by atoms with van der Waals surface area (Å²) in [6, 6.07) is 15.3. The molecule has 38 heavy (non-hydrogen) atoms. The van der Waals surface area contributed by atoms with Gasteiger partial charge in [0, 0.05) is 17.9 Å². The van der Waals surface area contributed by atoms with E-state index in [1.54, 1.807) is 29.6 Å². The highest BCUT2D eigenvalue weighted by Crippen LogP contribution is 2.40. The Labute approximate surface area is 228 Å². The fraction of sp³-hybridized carbons (Fsp3) is 0.345. The van der Waals surface area contributed by atoms with E-state index in [2.05, 4.69) is 35.9 Å². The Bertz CT molecular complexity index is 1290. The molecule has 2 heterocycles. The highest BCUT2D eigenvalue weighted by Gasteiger charge is 2.35. The van der Waals surface area contributed by atoms with Crippen molar-refractivity contribution in [2.24, 2.45) is 0 Å². The number of rotatable bonds is 13. The number of hydrogen-bond acceptors (Lipinski definition) is 8. The van der Waals surface area contributed by atoms with Crippen LogP contribution in [0.5, 0.6) is 11.5 Å². The van der Waals surface area contributed by atoms with Gasteiger partial charge in [0.1, 0.15) is 12.6 Å². The molecule has 1 atom stereocenters. The van der Waals surface area contributed by atoms with Gasteiger partial charge >= 0.3 is 5.97 Å². The minimum atomic E-state index is -0.552. The SMILES string of the molecule is C=CCOC(=O)C1=C(C)Nc2nc(SCCCC)nn2C1c1ccc(OCCc2ccccc2)c(OC)c1. The van der Waals surface area contributed by atoms with Crippen LogP contribution in [0.15, 0.2) is 77.6 Å². The third-order valence-corrected chi connectivity index (χ3v) is 7.03. The lowest BCUT2D eigenvalue weighted by molar-refractivity contribution is -0.138. The van der Waals surface area contributed by atoms with Crippen LogP contribution in [0.4, 0.5) is 5.95 Å². The molecule has 1 N–H and O–H groups in total. The molecule has 1 unspecified atom stereocenters. The molecule has 0 saturated heterocycles. The Hall–Kier alpha value is -3.72. The number of anilines is 1. The number of allylic oxidation sites excluding steroid dienone is 1. The van der Waals surface area contributed by atoms with Gasteiger partial charge in [-0.3, -0.25) is 0 Å². The van der Waals surface area contributed by atoms with Gasteiger partial charge in [-0.2, -0.15) is 4.98 Å². The molecule has 0 fully saturated rings. The lowest BCUT2D eigenvalue weighted by atomic mass is 9.95. The van der Waals surface area contributed by atoms with Crippen molar-refractivity contribution in [3.05, 3.63) is 83.6 Å².